The molecule has 0 bridgehead atoms. The first-order valence-electron chi connectivity index (χ1n) is 9.11. The highest BCUT2D eigenvalue weighted by Gasteiger charge is 2.26. The second-order valence-corrected chi connectivity index (χ2v) is 8.87. The summed E-state index contributed by atoms with van der Waals surface area (Å²) in [5, 5.41) is 3.28. The standard InChI is InChI=1S/C18H27ClN2O5S/c1-4-10-26-17-15(19)11-13(12-16(17)25-5-2)18(22)20-14-6-8-21(9-7-14)27(3,23)24/h11-12,14H,4-10H2,1-3H3,(H,20,22). The van der Waals surface area contributed by atoms with E-state index in [0.29, 0.717) is 61.2 Å². The van der Waals surface area contributed by atoms with Gasteiger partial charge in [-0.15, -0.1) is 0 Å². The third-order valence-corrected chi connectivity index (χ3v) is 5.86. The maximum atomic E-state index is 12.6. The number of carbonyl (C=O) groups excluding carboxylic acids is 1. The summed E-state index contributed by atoms with van der Waals surface area (Å²) in [4.78, 5) is 12.6. The van der Waals surface area contributed by atoms with Crippen molar-refractivity contribution in [2.24, 2.45) is 0 Å². The minimum absolute atomic E-state index is 0.0826. The topological polar surface area (TPSA) is 84.9 Å². The van der Waals surface area contributed by atoms with Crippen molar-refractivity contribution in [3.8, 4) is 11.5 Å². The van der Waals surface area contributed by atoms with Gasteiger partial charge in [-0.3, -0.25) is 4.79 Å². The molecule has 1 amide bonds. The van der Waals surface area contributed by atoms with Crippen LogP contribution in [-0.4, -0.2) is 57.2 Å². The third kappa shape index (κ3) is 5.99. The van der Waals surface area contributed by atoms with E-state index < -0.39 is 10.0 Å². The number of halogens is 1. The van der Waals surface area contributed by atoms with Crippen LogP contribution in [-0.2, 0) is 10.0 Å². The number of sulfonamides is 1. The molecule has 1 aromatic rings. The summed E-state index contributed by atoms with van der Waals surface area (Å²) in [6.07, 6.45) is 3.17. The number of hydrogen-bond acceptors (Lipinski definition) is 5. The van der Waals surface area contributed by atoms with Gasteiger partial charge in [-0.25, -0.2) is 12.7 Å². The highest BCUT2D eigenvalue weighted by atomic mass is 35.5. The predicted molar refractivity (Wildman–Crippen MR) is 105 cm³/mol. The van der Waals surface area contributed by atoms with Gasteiger partial charge in [0.15, 0.2) is 11.5 Å². The van der Waals surface area contributed by atoms with Crippen molar-refractivity contribution in [1.29, 1.82) is 0 Å². The molecule has 2 rings (SSSR count). The minimum Gasteiger partial charge on any atom is -0.490 e. The van der Waals surface area contributed by atoms with Crippen molar-refractivity contribution in [2.75, 3.05) is 32.6 Å². The fourth-order valence-electron chi connectivity index (χ4n) is 2.91. The molecule has 0 aromatic heterocycles. The molecule has 1 aliphatic rings. The molecule has 0 aliphatic carbocycles. The molecule has 7 nitrogen and oxygen atoms in total. The van der Waals surface area contributed by atoms with Gasteiger partial charge in [0.1, 0.15) is 0 Å². The number of nitrogens with zero attached hydrogens (tertiary/aromatic N) is 1. The monoisotopic (exact) mass is 418 g/mol. The summed E-state index contributed by atoms with van der Waals surface area (Å²) in [5.74, 6) is 0.617. The maximum absolute atomic E-state index is 12.6. The lowest BCUT2D eigenvalue weighted by molar-refractivity contribution is 0.0923. The van der Waals surface area contributed by atoms with Crippen LogP contribution in [0.2, 0.25) is 5.02 Å². The summed E-state index contributed by atoms with van der Waals surface area (Å²) < 4.78 is 35.8. The molecule has 1 aliphatic heterocycles. The Morgan fingerprint density at radius 2 is 1.93 bits per heavy atom. The van der Waals surface area contributed by atoms with E-state index in [1.54, 1.807) is 12.1 Å². The molecular formula is C18H27ClN2O5S. The molecule has 0 atom stereocenters. The third-order valence-electron chi connectivity index (χ3n) is 4.28. The van der Waals surface area contributed by atoms with Crippen LogP contribution in [0.4, 0.5) is 0 Å². The fourth-order valence-corrected chi connectivity index (χ4v) is 4.05. The van der Waals surface area contributed by atoms with E-state index in [-0.39, 0.29) is 11.9 Å². The Labute approximate surface area is 166 Å². The van der Waals surface area contributed by atoms with Crippen LogP contribution in [0, 0.1) is 0 Å². The summed E-state index contributed by atoms with van der Waals surface area (Å²) >= 11 is 6.30. The molecule has 0 spiro atoms. The molecule has 1 heterocycles. The first-order chi connectivity index (χ1) is 12.8. The molecule has 27 heavy (non-hydrogen) atoms. The van der Waals surface area contributed by atoms with Gasteiger partial charge >= 0.3 is 0 Å². The SMILES string of the molecule is CCCOc1c(Cl)cc(C(=O)NC2CCN(S(C)(=O)=O)CC2)cc1OCC. The highest BCUT2D eigenvalue weighted by molar-refractivity contribution is 7.88. The summed E-state index contributed by atoms with van der Waals surface area (Å²) in [7, 11) is -3.19. The molecule has 0 unspecified atom stereocenters. The van der Waals surface area contributed by atoms with Gasteiger partial charge < -0.3 is 14.8 Å². The van der Waals surface area contributed by atoms with Gasteiger partial charge in [-0.05, 0) is 38.3 Å². The van der Waals surface area contributed by atoms with Crippen molar-refractivity contribution in [1.82, 2.24) is 9.62 Å². The largest absolute Gasteiger partial charge is 0.490 e. The van der Waals surface area contributed by atoms with E-state index in [1.165, 1.54) is 10.6 Å². The second kappa shape index (κ2) is 9.61. The van der Waals surface area contributed by atoms with Gasteiger partial charge in [0, 0.05) is 24.7 Å². The number of nitrogens with one attached hydrogen (secondary N) is 1. The first kappa shape index (κ1) is 21.8. The zero-order valence-corrected chi connectivity index (χ0v) is 17.5. The number of benzene rings is 1. The minimum atomic E-state index is -3.19. The quantitative estimate of drug-likeness (QED) is 0.701. The first-order valence-corrected chi connectivity index (χ1v) is 11.3. The van der Waals surface area contributed by atoms with Crippen LogP contribution in [0.3, 0.4) is 0 Å². The normalized spacial score (nSPS) is 16.1. The second-order valence-electron chi connectivity index (χ2n) is 6.48. The lowest BCUT2D eigenvalue weighted by Crippen LogP contribution is -2.46. The van der Waals surface area contributed by atoms with Crippen molar-refractivity contribution in [2.45, 2.75) is 39.2 Å². The Kier molecular flexibility index (Phi) is 7.76. The van der Waals surface area contributed by atoms with E-state index in [4.69, 9.17) is 21.1 Å². The van der Waals surface area contributed by atoms with Gasteiger partial charge in [0.05, 0.1) is 24.5 Å². The van der Waals surface area contributed by atoms with Crippen molar-refractivity contribution < 1.29 is 22.7 Å². The van der Waals surface area contributed by atoms with Gasteiger partial charge in [-0.1, -0.05) is 18.5 Å². The van der Waals surface area contributed by atoms with E-state index in [0.717, 1.165) is 6.42 Å². The average molecular weight is 419 g/mol. The lowest BCUT2D eigenvalue weighted by atomic mass is 10.1. The van der Waals surface area contributed by atoms with Crippen molar-refractivity contribution >= 4 is 27.5 Å². The van der Waals surface area contributed by atoms with Crippen molar-refractivity contribution in [3.63, 3.8) is 0 Å². The highest BCUT2D eigenvalue weighted by Crippen LogP contribution is 2.37. The average Bonchev–Trinajstić information content (AvgIpc) is 2.60. The maximum Gasteiger partial charge on any atom is 0.251 e. The van der Waals surface area contributed by atoms with E-state index >= 15 is 0 Å². The molecule has 0 radical (unpaired) electrons. The fraction of sp³-hybridized carbons (Fsp3) is 0.611. The van der Waals surface area contributed by atoms with Gasteiger partial charge in [-0.2, -0.15) is 0 Å². The smallest absolute Gasteiger partial charge is 0.251 e. The van der Waals surface area contributed by atoms with Crippen molar-refractivity contribution in [3.05, 3.63) is 22.7 Å². The van der Waals surface area contributed by atoms with E-state index in [2.05, 4.69) is 5.32 Å². The summed E-state index contributed by atoms with van der Waals surface area (Å²) in [5.41, 5.74) is 0.387. The number of hydrogen-bond donors (Lipinski definition) is 1. The molecule has 1 fully saturated rings. The Morgan fingerprint density at radius 1 is 1.26 bits per heavy atom. The molecule has 152 valence electrons. The molecule has 1 N–H and O–H groups in total. The summed E-state index contributed by atoms with van der Waals surface area (Å²) in [6.45, 7) is 5.57. The predicted octanol–water partition coefficient (Wildman–Crippen LogP) is 2.68. The van der Waals surface area contributed by atoms with Crippen LogP contribution >= 0.6 is 11.6 Å². The van der Waals surface area contributed by atoms with Crippen LogP contribution in [0.1, 0.15) is 43.5 Å². The Morgan fingerprint density at radius 3 is 2.48 bits per heavy atom. The zero-order chi connectivity index (χ0) is 20.0. The van der Waals surface area contributed by atoms with Gasteiger partial charge in [0.25, 0.3) is 5.91 Å². The molecule has 9 heteroatoms. The number of amides is 1. The molecular weight excluding hydrogens is 392 g/mol. The van der Waals surface area contributed by atoms with Crippen LogP contribution < -0.4 is 14.8 Å². The number of ether oxygens (including phenoxy) is 2. The summed E-state index contributed by atoms with van der Waals surface area (Å²) in [6, 6.07) is 3.11. The molecule has 1 aromatic carbocycles. The van der Waals surface area contributed by atoms with Crippen LogP contribution in [0.15, 0.2) is 12.1 Å². The molecule has 0 saturated carbocycles. The van der Waals surface area contributed by atoms with E-state index in [9.17, 15) is 13.2 Å². The van der Waals surface area contributed by atoms with Crippen LogP contribution in [0.5, 0.6) is 11.5 Å². The Balaban J connectivity index is 2.08. The number of carbonyl (C=O) groups is 1. The van der Waals surface area contributed by atoms with E-state index in [1.807, 2.05) is 13.8 Å². The van der Waals surface area contributed by atoms with Crippen LogP contribution in [0.25, 0.3) is 0 Å². The Hall–Kier alpha value is -1.51. The number of rotatable bonds is 8. The Bertz CT molecular complexity index is 761. The van der Waals surface area contributed by atoms with Gasteiger partial charge in [0.2, 0.25) is 10.0 Å². The number of piperidine rings is 1. The molecule has 1 saturated heterocycles. The lowest BCUT2D eigenvalue weighted by Gasteiger charge is -2.30. The zero-order valence-electron chi connectivity index (χ0n) is 16.0.